The molecule has 0 aliphatic carbocycles. The standard InChI is InChI=1S/C22H22N4O4S/c27-31(28,18-6-7-20-21(14-18)30-13-12-29-20)26-10-8-25(9-11-26)22-15-19(23-16-24-22)17-4-2-1-3-5-17/h1-7,14-16H,8-13H2. The van der Waals surface area contributed by atoms with E-state index in [0.29, 0.717) is 50.9 Å². The Morgan fingerprint density at radius 1 is 0.806 bits per heavy atom. The maximum atomic E-state index is 13.1. The highest BCUT2D eigenvalue weighted by atomic mass is 32.2. The predicted octanol–water partition coefficient (Wildman–Crippen LogP) is 2.43. The van der Waals surface area contributed by atoms with Crippen LogP contribution >= 0.6 is 0 Å². The lowest BCUT2D eigenvalue weighted by molar-refractivity contribution is 0.171. The minimum absolute atomic E-state index is 0.221. The number of rotatable bonds is 4. The van der Waals surface area contributed by atoms with Crippen LogP contribution in [0.25, 0.3) is 11.3 Å². The highest BCUT2D eigenvalue weighted by molar-refractivity contribution is 7.89. The zero-order valence-electron chi connectivity index (χ0n) is 16.8. The first-order chi connectivity index (χ1) is 15.1. The van der Waals surface area contributed by atoms with E-state index in [1.807, 2.05) is 36.4 Å². The lowest BCUT2D eigenvalue weighted by Crippen LogP contribution is -2.48. The number of ether oxygens (including phenoxy) is 2. The van der Waals surface area contributed by atoms with E-state index in [2.05, 4.69) is 14.9 Å². The average Bonchev–Trinajstić information content (AvgIpc) is 2.84. The van der Waals surface area contributed by atoms with Gasteiger partial charge in [0.25, 0.3) is 0 Å². The third-order valence-corrected chi connectivity index (χ3v) is 7.33. The summed E-state index contributed by atoms with van der Waals surface area (Å²) < 4.78 is 38.8. The summed E-state index contributed by atoms with van der Waals surface area (Å²) in [7, 11) is -3.61. The maximum Gasteiger partial charge on any atom is 0.243 e. The molecular formula is C22H22N4O4S. The van der Waals surface area contributed by atoms with E-state index in [4.69, 9.17) is 9.47 Å². The summed E-state index contributed by atoms with van der Waals surface area (Å²) in [5, 5.41) is 0. The normalized spacial score (nSPS) is 16.8. The molecule has 0 amide bonds. The summed E-state index contributed by atoms with van der Waals surface area (Å²) in [5.74, 6) is 1.85. The van der Waals surface area contributed by atoms with Gasteiger partial charge in [0.05, 0.1) is 10.6 Å². The Morgan fingerprint density at radius 3 is 2.32 bits per heavy atom. The number of fused-ring (bicyclic) bond motifs is 1. The third-order valence-electron chi connectivity index (χ3n) is 5.44. The summed E-state index contributed by atoms with van der Waals surface area (Å²) in [5.41, 5.74) is 1.86. The van der Waals surface area contributed by atoms with Crippen LogP contribution in [-0.4, -0.2) is 62.1 Å². The molecule has 31 heavy (non-hydrogen) atoms. The highest BCUT2D eigenvalue weighted by Gasteiger charge is 2.30. The van der Waals surface area contributed by atoms with Gasteiger partial charge in [-0.3, -0.25) is 0 Å². The zero-order chi connectivity index (χ0) is 21.3. The maximum absolute atomic E-state index is 13.1. The number of hydrogen-bond acceptors (Lipinski definition) is 7. The van der Waals surface area contributed by atoms with Gasteiger partial charge < -0.3 is 14.4 Å². The van der Waals surface area contributed by atoms with Gasteiger partial charge in [0.1, 0.15) is 25.4 Å². The van der Waals surface area contributed by atoms with Crippen molar-refractivity contribution in [2.45, 2.75) is 4.90 Å². The molecule has 9 heteroatoms. The number of aromatic nitrogens is 2. The Bertz CT molecular complexity index is 1180. The molecule has 0 unspecified atom stereocenters. The predicted molar refractivity (Wildman–Crippen MR) is 116 cm³/mol. The Labute approximate surface area is 181 Å². The van der Waals surface area contributed by atoms with Crippen LogP contribution in [0, 0.1) is 0 Å². The SMILES string of the molecule is O=S(=O)(c1ccc2c(c1)OCCO2)N1CCN(c2cc(-c3ccccc3)ncn2)CC1. The molecule has 2 aliphatic heterocycles. The first-order valence-electron chi connectivity index (χ1n) is 10.1. The Balaban J connectivity index is 1.30. The molecule has 0 saturated carbocycles. The molecule has 8 nitrogen and oxygen atoms in total. The van der Waals surface area contributed by atoms with Gasteiger partial charge in [0.15, 0.2) is 11.5 Å². The van der Waals surface area contributed by atoms with E-state index < -0.39 is 10.0 Å². The second-order valence-electron chi connectivity index (χ2n) is 7.32. The first kappa shape index (κ1) is 19.8. The summed E-state index contributed by atoms with van der Waals surface area (Å²) in [6, 6.07) is 16.6. The van der Waals surface area contributed by atoms with Crippen molar-refractivity contribution in [3.05, 3.63) is 60.9 Å². The van der Waals surface area contributed by atoms with Gasteiger partial charge in [-0.1, -0.05) is 30.3 Å². The van der Waals surface area contributed by atoms with Crippen molar-refractivity contribution in [2.75, 3.05) is 44.3 Å². The number of anilines is 1. The van der Waals surface area contributed by atoms with Crippen molar-refractivity contribution in [1.82, 2.24) is 14.3 Å². The van der Waals surface area contributed by atoms with Crippen LogP contribution in [0.15, 0.2) is 65.8 Å². The quantitative estimate of drug-likeness (QED) is 0.618. The van der Waals surface area contributed by atoms with Crippen molar-refractivity contribution in [1.29, 1.82) is 0 Å². The van der Waals surface area contributed by atoms with Gasteiger partial charge in [-0.05, 0) is 12.1 Å². The number of piperazine rings is 1. The van der Waals surface area contributed by atoms with Crippen LogP contribution in [0.5, 0.6) is 11.5 Å². The second kappa shape index (κ2) is 8.16. The second-order valence-corrected chi connectivity index (χ2v) is 9.26. The fourth-order valence-corrected chi connectivity index (χ4v) is 5.22. The molecule has 1 aromatic heterocycles. The lowest BCUT2D eigenvalue weighted by atomic mass is 10.1. The van der Waals surface area contributed by atoms with Crippen molar-refractivity contribution >= 4 is 15.8 Å². The summed E-state index contributed by atoms with van der Waals surface area (Å²) in [6.07, 6.45) is 1.55. The molecule has 0 atom stereocenters. The van der Waals surface area contributed by atoms with Crippen molar-refractivity contribution in [2.24, 2.45) is 0 Å². The minimum atomic E-state index is -3.61. The van der Waals surface area contributed by atoms with E-state index in [1.54, 1.807) is 24.5 Å². The number of nitrogens with zero attached hydrogens (tertiary/aromatic N) is 4. The summed E-state index contributed by atoms with van der Waals surface area (Å²) in [4.78, 5) is 11.1. The summed E-state index contributed by atoms with van der Waals surface area (Å²) >= 11 is 0. The fraction of sp³-hybridized carbons (Fsp3) is 0.273. The van der Waals surface area contributed by atoms with Crippen LogP contribution in [0.4, 0.5) is 5.82 Å². The topological polar surface area (TPSA) is 84.9 Å². The fourth-order valence-electron chi connectivity index (χ4n) is 3.78. The molecule has 2 aromatic carbocycles. The molecule has 2 aliphatic rings. The van der Waals surface area contributed by atoms with Crippen LogP contribution < -0.4 is 14.4 Å². The van der Waals surface area contributed by atoms with Crippen LogP contribution in [0.3, 0.4) is 0 Å². The molecule has 3 aromatic rings. The number of sulfonamides is 1. The van der Waals surface area contributed by atoms with Crippen LogP contribution in [-0.2, 0) is 10.0 Å². The van der Waals surface area contributed by atoms with Crippen molar-refractivity contribution in [3.8, 4) is 22.8 Å². The molecule has 0 bridgehead atoms. The lowest BCUT2D eigenvalue weighted by Gasteiger charge is -2.34. The summed E-state index contributed by atoms with van der Waals surface area (Å²) in [6.45, 7) is 2.74. The molecule has 160 valence electrons. The molecule has 0 spiro atoms. The first-order valence-corrected chi connectivity index (χ1v) is 11.6. The van der Waals surface area contributed by atoms with E-state index in [-0.39, 0.29) is 4.90 Å². The van der Waals surface area contributed by atoms with E-state index in [0.717, 1.165) is 17.1 Å². The molecule has 0 radical (unpaired) electrons. The van der Waals surface area contributed by atoms with E-state index in [9.17, 15) is 8.42 Å². The third kappa shape index (κ3) is 3.94. The molecular weight excluding hydrogens is 416 g/mol. The Kier molecular flexibility index (Phi) is 5.21. The molecule has 1 saturated heterocycles. The molecule has 5 rings (SSSR count). The van der Waals surface area contributed by atoms with Gasteiger partial charge in [0.2, 0.25) is 10.0 Å². The molecule has 3 heterocycles. The minimum Gasteiger partial charge on any atom is -0.486 e. The van der Waals surface area contributed by atoms with Crippen LogP contribution in [0.1, 0.15) is 0 Å². The van der Waals surface area contributed by atoms with E-state index >= 15 is 0 Å². The zero-order valence-corrected chi connectivity index (χ0v) is 17.7. The van der Waals surface area contributed by atoms with Crippen molar-refractivity contribution < 1.29 is 17.9 Å². The number of hydrogen-bond donors (Lipinski definition) is 0. The van der Waals surface area contributed by atoms with Gasteiger partial charge in [-0.2, -0.15) is 4.31 Å². The van der Waals surface area contributed by atoms with Gasteiger partial charge in [-0.25, -0.2) is 18.4 Å². The van der Waals surface area contributed by atoms with Gasteiger partial charge in [0, 0.05) is 43.9 Å². The Hall–Kier alpha value is -3.17. The van der Waals surface area contributed by atoms with Crippen LogP contribution in [0.2, 0.25) is 0 Å². The molecule has 1 fully saturated rings. The van der Waals surface area contributed by atoms with E-state index in [1.165, 1.54) is 4.31 Å². The van der Waals surface area contributed by atoms with Crippen molar-refractivity contribution in [3.63, 3.8) is 0 Å². The van der Waals surface area contributed by atoms with Gasteiger partial charge in [-0.15, -0.1) is 0 Å². The molecule has 0 N–H and O–H groups in total. The largest absolute Gasteiger partial charge is 0.486 e. The smallest absolute Gasteiger partial charge is 0.243 e. The monoisotopic (exact) mass is 438 g/mol. The average molecular weight is 439 g/mol. The highest BCUT2D eigenvalue weighted by Crippen LogP contribution is 2.33. The van der Waals surface area contributed by atoms with Gasteiger partial charge >= 0.3 is 0 Å². The Morgan fingerprint density at radius 2 is 1.55 bits per heavy atom. The number of benzene rings is 2.